The Morgan fingerprint density at radius 2 is 2.08 bits per heavy atom. The Labute approximate surface area is 153 Å². The van der Waals surface area contributed by atoms with Crippen molar-refractivity contribution in [2.24, 2.45) is 0 Å². The second-order valence-electron chi connectivity index (χ2n) is 6.23. The van der Waals surface area contributed by atoms with Gasteiger partial charge in [-0.15, -0.1) is 5.10 Å². The minimum Gasteiger partial charge on any atom is -0.281 e. The molecular weight excluding hydrogens is 350 g/mol. The molecule has 0 N–H and O–H groups in total. The Bertz CT molecular complexity index is 1030. The van der Waals surface area contributed by atoms with Crippen LogP contribution in [-0.2, 0) is 12.3 Å². The van der Waals surface area contributed by atoms with Gasteiger partial charge in [-0.2, -0.15) is 5.26 Å². The normalized spacial score (nSPS) is 14.7. The molecule has 8 nitrogen and oxygen atoms in total. The maximum atomic E-state index is 12.7. The molecule has 2 aromatic heterocycles. The Kier molecular flexibility index (Phi) is 4.67. The summed E-state index contributed by atoms with van der Waals surface area (Å²) in [7, 11) is 0. The molecule has 0 saturated heterocycles. The molecule has 9 heteroatoms. The van der Waals surface area contributed by atoms with Crippen molar-refractivity contribution >= 4 is 22.7 Å². The van der Waals surface area contributed by atoms with Crippen LogP contribution in [0.15, 0.2) is 34.2 Å². The average molecular weight is 367 g/mol. The predicted octanol–water partition coefficient (Wildman–Crippen LogP) is 2.31. The number of hydrogen-bond donors (Lipinski definition) is 0. The third-order valence-corrected chi connectivity index (χ3v) is 5.56. The van der Waals surface area contributed by atoms with Gasteiger partial charge in [-0.05, 0) is 35.4 Å². The van der Waals surface area contributed by atoms with Crippen molar-refractivity contribution in [3.05, 3.63) is 40.4 Å². The van der Waals surface area contributed by atoms with Crippen molar-refractivity contribution in [3.63, 3.8) is 0 Å². The van der Waals surface area contributed by atoms with Crippen LogP contribution in [0.25, 0.3) is 10.9 Å². The van der Waals surface area contributed by atoms with Gasteiger partial charge in [0.1, 0.15) is 12.4 Å². The quantitative estimate of drug-likeness (QED) is 0.638. The maximum Gasteiger partial charge on any atom is 0.262 e. The summed E-state index contributed by atoms with van der Waals surface area (Å²) in [5, 5.41) is 22.4. The van der Waals surface area contributed by atoms with E-state index in [2.05, 4.69) is 20.5 Å². The predicted molar refractivity (Wildman–Crippen MR) is 96.5 cm³/mol. The first-order valence-electron chi connectivity index (χ1n) is 8.54. The lowest BCUT2D eigenvalue weighted by Crippen LogP contribution is -2.24. The summed E-state index contributed by atoms with van der Waals surface area (Å²) >= 11 is 1.45. The highest BCUT2D eigenvalue weighted by atomic mass is 32.2. The van der Waals surface area contributed by atoms with E-state index in [-0.39, 0.29) is 12.1 Å². The van der Waals surface area contributed by atoms with Crippen molar-refractivity contribution in [2.75, 3.05) is 0 Å². The Hall–Kier alpha value is -2.73. The second-order valence-corrected chi connectivity index (χ2v) is 7.17. The molecule has 0 aliphatic heterocycles. The molecule has 0 atom stereocenters. The van der Waals surface area contributed by atoms with Crippen molar-refractivity contribution in [2.45, 2.75) is 49.2 Å². The van der Waals surface area contributed by atoms with Crippen molar-refractivity contribution < 1.29 is 0 Å². The molecule has 2 heterocycles. The van der Waals surface area contributed by atoms with Gasteiger partial charge < -0.3 is 0 Å². The summed E-state index contributed by atoms with van der Waals surface area (Å²) in [6.07, 6.45) is 4.57. The third kappa shape index (κ3) is 3.08. The maximum absolute atomic E-state index is 12.7. The highest BCUT2D eigenvalue weighted by molar-refractivity contribution is 7.98. The fraction of sp³-hybridized carbons (Fsp3) is 0.412. The van der Waals surface area contributed by atoms with E-state index in [1.807, 2.05) is 22.9 Å². The van der Waals surface area contributed by atoms with Gasteiger partial charge in [0, 0.05) is 0 Å². The smallest absolute Gasteiger partial charge is 0.262 e. The molecule has 3 aromatic rings. The molecular formula is C17H17N7OS. The molecule has 1 saturated carbocycles. The van der Waals surface area contributed by atoms with E-state index in [1.54, 1.807) is 12.1 Å². The van der Waals surface area contributed by atoms with E-state index >= 15 is 0 Å². The number of nitrogens with zero attached hydrogens (tertiary/aromatic N) is 7. The molecule has 0 bridgehead atoms. The van der Waals surface area contributed by atoms with Crippen LogP contribution < -0.4 is 5.56 Å². The van der Waals surface area contributed by atoms with Crippen LogP contribution in [0.5, 0.6) is 0 Å². The Morgan fingerprint density at radius 1 is 1.27 bits per heavy atom. The van der Waals surface area contributed by atoms with E-state index in [4.69, 9.17) is 5.26 Å². The number of tetrazole rings is 1. The third-order valence-electron chi connectivity index (χ3n) is 4.63. The van der Waals surface area contributed by atoms with Crippen LogP contribution in [0.3, 0.4) is 0 Å². The summed E-state index contributed by atoms with van der Waals surface area (Å²) in [5.74, 6) is 0.982. The largest absolute Gasteiger partial charge is 0.281 e. The van der Waals surface area contributed by atoms with Crippen LogP contribution in [-0.4, -0.2) is 29.8 Å². The van der Waals surface area contributed by atoms with E-state index < -0.39 is 0 Å². The lowest BCUT2D eigenvalue weighted by atomic mass is 10.2. The number of benzene rings is 1. The average Bonchev–Trinajstić information content (AvgIpc) is 3.34. The summed E-state index contributed by atoms with van der Waals surface area (Å²) < 4.78 is 3.31. The van der Waals surface area contributed by atoms with Gasteiger partial charge in [0.05, 0.1) is 28.8 Å². The summed E-state index contributed by atoms with van der Waals surface area (Å²) in [6.45, 7) is -0.0277. The van der Waals surface area contributed by atoms with Crippen LogP contribution in [0.2, 0.25) is 0 Å². The Balaban J connectivity index is 1.65. The topological polar surface area (TPSA) is 102 Å². The van der Waals surface area contributed by atoms with E-state index in [1.165, 1.54) is 29.2 Å². The van der Waals surface area contributed by atoms with Crippen LogP contribution in [0.4, 0.5) is 0 Å². The summed E-state index contributed by atoms with van der Waals surface area (Å²) in [4.78, 5) is 17.3. The van der Waals surface area contributed by atoms with Gasteiger partial charge in [-0.3, -0.25) is 9.36 Å². The van der Waals surface area contributed by atoms with Crippen LogP contribution in [0, 0.1) is 11.3 Å². The number of aromatic nitrogens is 6. The van der Waals surface area contributed by atoms with Gasteiger partial charge >= 0.3 is 0 Å². The van der Waals surface area contributed by atoms with Crippen molar-refractivity contribution in [1.82, 2.24) is 29.8 Å². The standard InChI is InChI=1S/C17H17N7OS/c18-9-10-23-15(19-14-8-4-3-7-13(14)16(23)25)11-26-17-20-21-22-24(17)12-5-1-2-6-12/h3-4,7-8,12H,1-2,5-6,10-11H2. The zero-order valence-corrected chi connectivity index (χ0v) is 14.9. The van der Waals surface area contributed by atoms with Crippen molar-refractivity contribution in [1.29, 1.82) is 5.26 Å². The molecule has 0 unspecified atom stereocenters. The first-order chi connectivity index (χ1) is 12.8. The molecule has 0 spiro atoms. The number of thioether (sulfide) groups is 1. The lowest BCUT2D eigenvalue weighted by molar-refractivity contribution is 0.423. The highest BCUT2D eigenvalue weighted by Gasteiger charge is 2.22. The number of hydrogen-bond acceptors (Lipinski definition) is 7. The zero-order valence-electron chi connectivity index (χ0n) is 14.1. The molecule has 26 heavy (non-hydrogen) atoms. The monoisotopic (exact) mass is 367 g/mol. The molecule has 1 fully saturated rings. The fourth-order valence-corrected chi connectivity index (χ4v) is 4.24. The van der Waals surface area contributed by atoms with Gasteiger partial charge in [0.25, 0.3) is 5.56 Å². The lowest BCUT2D eigenvalue weighted by Gasteiger charge is -2.12. The molecule has 132 valence electrons. The first kappa shape index (κ1) is 16.7. The molecule has 0 amide bonds. The van der Waals surface area contributed by atoms with E-state index in [0.717, 1.165) is 18.0 Å². The minimum atomic E-state index is -0.192. The number of para-hydroxylation sites is 1. The summed E-state index contributed by atoms with van der Waals surface area (Å²) in [6, 6.07) is 9.58. The van der Waals surface area contributed by atoms with E-state index in [9.17, 15) is 4.79 Å². The van der Waals surface area contributed by atoms with Gasteiger partial charge in [-0.25, -0.2) is 9.67 Å². The number of nitriles is 1. The van der Waals surface area contributed by atoms with Gasteiger partial charge in [-0.1, -0.05) is 36.7 Å². The molecule has 4 rings (SSSR count). The molecule has 1 aliphatic carbocycles. The van der Waals surface area contributed by atoms with Crippen molar-refractivity contribution in [3.8, 4) is 6.07 Å². The summed E-state index contributed by atoms with van der Waals surface area (Å²) in [5.41, 5.74) is 0.445. The molecule has 1 aromatic carbocycles. The highest BCUT2D eigenvalue weighted by Crippen LogP contribution is 2.32. The molecule has 0 radical (unpaired) electrons. The first-order valence-corrected chi connectivity index (χ1v) is 9.52. The minimum absolute atomic E-state index is 0.0277. The van der Waals surface area contributed by atoms with Gasteiger partial charge in [0.2, 0.25) is 5.16 Å². The Morgan fingerprint density at radius 3 is 2.88 bits per heavy atom. The van der Waals surface area contributed by atoms with Crippen LogP contribution >= 0.6 is 11.8 Å². The number of fused-ring (bicyclic) bond motifs is 1. The SMILES string of the molecule is N#CCn1c(CSc2nnnn2C2CCCC2)nc2ccccc2c1=O. The van der Waals surface area contributed by atoms with Crippen LogP contribution in [0.1, 0.15) is 37.5 Å². The zero-order chi connectivity index (χ0) is 17.9. The van der Waals surface area contributed by atoms with Gasteiger partial charge in [0.15, 0.2) is 0 Å². The second kappa shape index (κ2) is 7.25. The fourth-order valence-electron chi connectivity index (χ4n) is 3.35. The molecule has 1 aliphatic rings. The van der Waals surface area contributed by atoms with E-state index in [0.29, 0.717) is 28.5 Å². The number of rotatable bonds is 5.